The van der Waals surface area contributed by atoms with Crippen LogP contribution in [0, 0.1) is 5.92 Å². The Labute approximate surface area is 90.6 Å². The van der Waals surface area contributed by atoms with Gasteiger partial charge in [-0.1, -0.05) is 0 Å². The molecule has 2 N–H and O–H groups in total. The highest BCUT2D eigenvalue weighted by atomic mass is 16.3. The van der Waals surface area contributed by atoms with Crippen molar-refractivity contribution in [3.63, 3.8) is 0 Å². The monoisotopic (exact) mass is 212 g/mol. The smallest absolute Gasteiger partial charge is 0.236 e. The number of amides is 1. The highest BCUT2D eigenvalue weighted by Gasteiger charge is 2.33. The quantitative estimate of drug-likeness (QED) is 0.688. The van der Waals surface area contributed by atoms with Crippen LogP contribution >= 0.6 is 0 Å². The van der Waals surface area contributed by atoms with Crippen molar-refractivity contribution >= 4 is 5.91 Å². The molecule has 1 aliphatic carbocycles. The molecule has 0 radical (unpaired) electrons. The molecule has 1 heterocycles. The van der Waals surface area contributed by atoms with Crippen LogP contribution in [0.15, 0.2) is 0 Å². The van der Waals surface area contributed by atoms with Gasteiger partial charge in [0.15, 0.2) is 0 Å². The minimum atomic E-state index is -0.674. The third kappa shape index (κ3) is 3.18. The maximum Gasteiger partial charge on any atom is 0.236 e. The Kier molecular flexibility index (Phi) is 2.98. The van der Waals surface area contributed by atoms with Gasteiger partial charge in [0.25, 0.3) is 0 Å². The summed E-state index contributed by atoms with van der Waals surface area (Å²) in [6.45, 7) is 4.36. The summed E-state index contributed by atoms with van der Waals surface area (Å²) in [4.78, 5) is 13.4. The van der Waals surface area contributed by atoms with E-state index in [0.29, 0.717) is 26.1 Å². The first-order chi connectivity index (χ1) is 7.07. The van der Waals surface area contributed by atoms with Crippen LogP contribution < -0.4 is 5.32 Å². The molecule has 2 aliphatic rings. The maximum atomic E-state index is 11.7. The molecule has 2 fully saturated rings. The molecular formula is C11H20N2O2. The van der Waals surface area contributed by atoms with Gasteiger partial charge in [0.05, 0.1) is 12.1 Å². The second kappa shape index (κ2) is 4.10. The molecule has 0 aromatic carbocycles. The fourth-order valence-corrected chi connectivity index (χ4v) is 1.97. The lowest BCUT2D eigenvalue weighted by atomic mass is 10.1. The molecule has 2 rings (SSSR count). The fraction of sp³-hybridized carbons (Fsp3) is 0.909. The van der Waals surface area contributed by atoms with Crippen LogP contribution in [0.25, 0.3) is 0 Å². The number of carbonyl (C=O) groups is 1. The van der Waals surface area contributed by atoms with E-state index in [0.717, 1.165) is 12.5 Å². The van der Waals surface area contributed by atoms with Gasteiger partial charge in [0, 0.05) is 13.1 Å². The molecule has 0 spiro atoms. The van der Waals surface area contributed by atoms with Crippen molar-refractivity contribution in [3.8, 4) is 0 Å². The van der Waals surface area contributed by atoms with E-state index in [1.165, 1.54) is 12.8 Å². The average molecular weight is 212 g/mol. The summed E-state index contributed by atoms with van der Waals surface area (Å²) in [6.07, 6.45) is 3.31. The highest BCUT2D eigenvalue weighted by Crippen LogP contribution is 2.27. The number of β-amino-alcohol motifs (C(OH)–C–C–N with tert-alkyl or cyclic N) is 1. The Hall–Kier alpha value is -0.610. The summed E-state index contributed by atoms with van der Waals surface area (Å²) in [5, 5.41) is 12.9. The van der Waals surface area contributed by atoms with E-state index < -0.39 is 5.60 Å². The third-order valence-corrected chi connectivity index (χ3v) is 3.21. The standard InChI is InChI=1S/C11H20N2O2/c1-11(15)4-5-13(8-11)10(14)7-12-6-9-2-3-9/h9,12,15H,2-8H2,1H3. The van der Waals surface area contributed by atoms with Crippen molar-refractivity contribution < 1.29 is 9.90 Å². The Morgan fingerprint density at radius 1 is 1.60 bits per heavy atom. The average Bonchev–Trinajstić information content (AvgIpc) is 2.90. The van der Waals surface area contributed by atoms with Crippen molar-refractivity contribution in [3.05, 3.63) is 0 Å². The van der Waals surface area contributed by atoms with Crippen LogP contribution in [-0.2, 0) is 4.79 Å². The number of aliphatic hydroxyl groups is 1. The number of hydrogen-bond donors (Lipinski definition) is 2. The van der Waals surface area contributed by atoms with Crippen molar-refractivity contribution in [1.29, 1.82) is 0 Å². The molecule has 1 amide bonds. The van der Waals surface area contributed by atoms with Crippen LogP contribution in [-0.4, -0.2) is 47.7 Å². The van der Waals surface area contributed by atoms with E-state index in [4.69, 9.17) is 0 Å². The molecule has 4 nitrogen and oxygen atoms in total. The Morgan fingerprint density at radius 2 is 2.33 bits per heavy atom. The number of rotatable bonds is 4. The van der Waals surface area contributed by atoms with Gasteiger partial charge in [0.2, 0.25) is 5.91 Å². The maximum absolute atomic E-state index is 11.7. The minimum Gasteiger partial charge on any atom is -0.388 e. The Balaban J connectivity index is 1.66. The van der Waals surface area contributed by atoms with E-state index in [-0.39, 0.29) is 5.91 Å². The first-order valence-corrected chi connectivity index (χ1v) is 5.78. The molecule has 0 bridgehead atoms. The van der Waals surface area contributed by atoms with E-state index in [9.17, 15) is 9.90 Å². The van der Waals surface area contributed by atoms with Crippen LogP contribution in [0.1, 0.15) is 26.2 Å². The Bertz CT molecular complexity index is 249. The summed E-state index contributed by atoms with van der Waals surface area (Å²) in [5.74, 6) is 0.924. The first-order valence-electron chi connectivity index (χ1n) is 5.78. The summed E-state index contributed by atoms with van der Waals surface area (Å²) in [7, 11) is 0. The van der Waals surface area contributed by atoms with Crippen molar-refractivity contribution in [2.24, 2.45) is 5.92 Å². The van der Waals surface area contributed by atoms with E-state index in [2.05, 4.69) is 5.32 Å². The van der Waals surface area contributed by atoms with Gasteiger partial charge in [-0.3, -0.25) is 4.79 Å². The highest BCUT2D eigenvalue weighted by molar-refractivity contribution is 5.78. The van der Waals surface area contributed by atoms with Gasteiger partial charge in [-0.05, 0) is 38.6 Å². The van der Waals surface area contributed by atoms with Gasteiger partial charge in [-0.15, -0.1) is 0 Å². The van der Waals surface area contributed by atoms with Gasteiger partial charge >= 0.3 is 0 Å². The first kappa shape index (κ1) is 10.9. The van der Waals surface area contributed by atoms with Crippen LogP contribution in [0.5, 0.6) is 0 Å². The molecule has 1 saturated carbocycles. The minimum absolute atomic E-state index is 0.119. The molecule has 1 saturated heterocycles. The third-order valence-electron chi connectivity index (χ3n) is 3.21. The zero-order chi connectivity index (χ0) is 10.9. The van der Waals surface area contributed by atoms with Crippen molar-refractivity contribution in [2.75, 3.05) is 26.2 Å². The van der Waals surface area contributed by atoms with Crippen LogP contribution in [0.3, 0.4) is 0 Å². The van der Waals surface area contributed by atoms with E-state index in [1.807, 2.05) is 0 Å². The lowest BCUT2D eigenvalue weighted by molar-refractivity contribution is -0.130. The summed E-state index contributed by atoms with van der Waals surface area (Å²) >= 11 is 0. The molecule has 0 aromatic rings. The number of carbonyl (C=O) groups excluding carboxylic acids is 1. The lowest BCUT2D eigenvalue weighted by Crippen LogP contribution is -2.39. The topological polar surface area (TPSA) is 52.6 Å². The normalized spacial score (nSPS) is 30.9. The molecule has 86 valence electrons. The van der Waals surface area contributed by atoms with Gasteiger partial charge < -0.3 is 15.3 Å². The van der Waals surface area contributed by atoms with Crippen molar-refractivity contribution in [2.45, 2.75) is 31.8 Å². The van der Waals surface area contributed by atoms with Crippen molar-refractivity contribution in [1.82, 2.24) is 10.2 Å². The predicted octanol–water partition coefficient (Wildman–Crippen LogP) is -0.0307. The van der Waals surface area contributed by atoms with Crippen LogP contribution in [0.4, 0.5) is 0 Å². The largest absolute Gasteiger partial charge is 0.388 e. The van der Waals surface area contributed by atoms with E-state index >= 15 is 0 Å². The lowest BCUT2D eigenvalue weighted by Gasteiger charge is -2.19. The molecule has 4 heteroatoms. The number of likely N-dealkylation sites (tertiary alicyclic amines) is 1. The number of hydrogen-bond acceptors (Lipinski definition) is 3. The zero-order valence-electron chi connectivity index (χ0n) is 9.33. The van der Waals surface area contributed by atoms with Gasteiger partial charge in [-0.25, -0.2) is 0 Å². The summed E-state index contributed by atoms with van der Waals surface area (Å²) < 4.78 is 0. The predicted molar refractivity (Wildman–Crippen MR) is 57.4 cm³/mol. The fourth-order valence-electron chi connectivity index (χ4n) is 1.97. The molecule has 15 heavy (non-hydrogen) atoms. The van der Waals surface area contributed by atoms with E-state index in [1.54, 1.807) is 11.8 Å². The zero-order valence-corrected chi connectivity index (χ0v) is 9.33. The van der Waals surface area contributed by atoms with Crippen LogP contribution in [0.2, 0.25) is 0 Å². The van der Waals surface area contributed by atoms with Gasteiger partial charge in [-0.2, -0.15) is 0 Å². The summed E-state index contributed by atoms with van der Waals surface area (Å²) in [6, 6.07) is 0. The molecule has 1 unspecified atom stereocenters. The number of nitrogens with zero attached hydrogens (tertiary/aromatic N) is 1. The SMILES string of the molecule is CC1(O)CCN(C(=O)CNCC2CC2)C1. The second-order valence-electron chi connectivity index (χ2n) is 5.14. The molecule has 1 aliphatic heterocycles. The molecule has 0 aromatic heterocycles. The second-order valence-corrected chi connectivity index (χ2v) is 5.14. The summed E-state index contributed by atoms with van der Waals surface area (Å²) in [5.41, 5.74) is -0.674. The number of nitrogens with one attached hydrogen (secondary N) is 1. The van der Waals surface area contributed by atoms with Gasteiger partial charge in [0.1, 0.15) is 0 Å². The Morgan fingerprint density at radius 3 is 2.87 bits per heavy atom. The molecule has 1 atom stereocenters. The molecular weight excluding hydrogens is 192 g/mol.